The topological polar surface area (TPSA) is 70.9 Å². The maximum absolute atomic E-state index is 9.44. The van der Waals surface area contributed by atoms with Crippen molar-refractivity contribution in [1.82, 2.24) is 15.0 Å². The van der Waals surface area contributed by atoms with Gasteiger partial charge in [-0.2, -0.15) is 0 Å². The second-order valence-electron chi connectivity index (χ2n) is 6.18. The van der Waals surface area contributed by atoms with E-state index in [1.165, 1.54) is 0 Å². The number of hydrogen-bond donors (Lipinski definition) is 2. The fraction of sp³-hybridized carbons (Fsp3) is 0.150. The monoisotopic (exact) mass is 362 g/mol. The number of fused-ring (bicyclic) bond motifs is 1. The first-order valence-electron chi connectivity index (χ1n) is 8.33. The number of hydrogen-bond acceptors (Lipinski definition) is 6. The summed E-state index contributed by atoms with van der Waals surface area (Å²) in [6.07, 6.45) is 0. The Bertz CT molecular complexity index is 1060. The van der Waals surface area contributed by atoms with Crippen LogP contribution in [0.15, 0.2) is 54.0 Å². The molecule has 2 N–H and O–H groups in total. The molecule has 0 saturated carbocycles. The Hall–Kier alpha value is -2.99. The number of benzene rings is 2. The van der Waals surface area contributed by atoms with E-state index in [1.54, 1.807) is 23.5 Å². The minimum absolute atomic E-state index is 0.0572. The van der Waals surface area contributed by atoms with Crippen molar-refractivity contribution in [3.8, 4) is 17.0 Å². The summed E-state index contributed by atoms with van der Waals surface area (Å²) in [7, 11) is 0. The van der Waals surface area contributed by atoms with Crippen LogP contribution in [0.4, 0.5) is 5.82 Å². The summed E-state index contributed by atoms with van der Waals surface area (Å²) in [5.41, 5.74) is 5.86. The van der Waals surface area contributed by atoms with E-state index < -0.39 is 0 Å². The summed E-state index contributed by atoms with van der Waals surface area (Å²) in [6.45, 7) is 3.96. The van der Waals surface area contributed by atoms with Crippen LogP contribution in [0.1, 0.15) is 24.4 Å². The summed E-state index contributed by atoms with van der Waals surface area (Å²) in [5, 5.41) is 12.9. The number of aromatic hydroxyl groups is 1. The number of thiazole rings is 1. The van der Waals surface area contributed by atoms with Crippen LogP contribution >= 0.6 is 11.3 Å². The van der Waals surface area contributed by atoms with Gasteiger partial charge >= 0.3 is 0 Å². The molecular weight excluding hydrogens is 344 g/mol. The zero-order chi connectivity index (χ0) is 18.1. The SMILES string of the molecule is Cc1nc(N[C@@H](C)c2ccc(O)cc2)cc(-c2ccc3ncsc3c2)n1. The van der Waals surface area contributed by atoms with E-state index in [4.69, 9.17) is 0 Å². The minimum atomic E-state index is 0.0572. The number of phenolic OH excluding ortho intramolecular Hbond substituents is 1. The summed E-state index contributed by atoms with van der Waals surface area (Å²) in [5.74, 6) is 1.75. The summed E-state index contributed by atoms with van der Waals surface area (Å²) >= 11 is 1.62. The van der Waals surface area contributed by atoms with E-state index in [0.717, 1.165) is 32.9 Å². The Kier molecular flexibility index (Phi) is 4.26. The molecule has 0 radical (unpaired) electrons. The molecule has 2 aromatic carbocycles. The quantitative estimate of drug-likeness (QED) is 0.538. The van der Waals surface area contributed by atoms with Crippen LogP contribution in [0.5, 0.6) is 5.75 Å². The average molecular weight is 362 g/mol. The van der Waals surface area contributed by atoms with Crippen molar-refractivity contribution in [3.05, 3.63) is 65.4 Å². The van der Waals surface area contributed by atoms with Crippen LogP contribution in [0, 0.1) is 6.92 Å². The normalized spacial score (nSPS) is 12.2. The van der Waals surface area contributed by atoms with Crippen molar-refractivity contribution in [3.63, 3.8) is 0 Å². The Labute approximate surface area is 155 Å². The molecular formula is C20H18N4OS. The highest BCUT2D eigenvalue weighted by Crippen LogP contribution is 2.27. The fourth-order valence-corrected chi connectivity index (χ4v) is 3.59. The third kappa shape index (κ3) is 3.36. The van der Waals surface area contributed by atoms with E-state index in [2.05, 4.69) is 33.3 Å². The Morgan fingerprint density at radius 1 is 1.04 bits per heavy atom. The highest BCUT2D eigenvalue weighted by Gasteiger charge is 2.10. The second kappa shape index (κ2) is 6.72. The first-order chi connectivity index (χ1) is 12.6. The van der Waals surface area contributed by atoms with Gasteiger partial charge in [0.25, 0.3) is 0 Å². The summed E-state index contributed by atoms with van der Waals surface area (Å²) in [6, 6.07) is 15.4. The van der Waals surface area contributed by atoms with Crippen molar-refractivity contribution in [1.29, 1.82) is 0 Å². The van der Waals surface area contributed by atoms with Gasteiger partial charge < -0.3 is 10.4 Å². The molecule has 0 spiro atoms. The van der Waals surface area contributed by atoms with Crippen LogP contribution < -0.4 is 5.32 Å². The third-order valence-corrected chi connectivity index (χ3v) is 5.01. The predicted octanol–water partition coefficient (Wildman–Crippen LogP) is 4.94. The highest BCUT2D eigenvalue weighted by molar-refractivity contribution is 7.16. The summed E-state index contributed by atoms with van der Waals surface area (Å²) < 4.78 is 1.14. The maximum Gasteiger partial charge on any atom is 0.130 e. The number of rotatable bonds is 4. The zero-order valence-corrected chi connectivity index (χ0v) is 15.3. The Morgan fingerprint density at radius 3 is 2.65 bits per heavy atom. The molecule has 0 aliphatic rings. The standard InChI is InChI=1S/C20H18N4OS/c1-12(14-3-6-16(25)7-4-14)22-20-10-18(23-13(2)24-20)15-5-8-17-19(9-15)26-11-21-17/h3-12,25H,1-2H3,(H,22,23,24)/t12-/m0/s1. The molecule has 0 saturated heterocycles. The van der Waals surface area contributed by atoms with Gasteiger partial charge in [0.2, 0.25) is 0 Å². The molecule has 0 amide bonds. The Morgan fingerprint density at radius 2 is 1.85 bits per heavy atom. The molecule has 0 unspecified atom stereocenters. The Balaban J connectivity index is 1.64. The fourth-order valence-electron chi connectivity index (χ4n) is 2.87. The average Bonchev–Trinajstić information content (AvgIpc) is 3.09. The molecule has 130 valence electrons. The molecule has 1 atom stereocenters. The van der Waals surface area contributed by atoms with Gasteiger partial charge in [-0.1, -0.05) is 18.2 Å². The molecule has 0 aliphatic heterocycles. The molecule has 26 heavy (non-hydrogen) atoms. The van der Waals surface area contributed by atoms with Crippen molar-refractivity contribution in [2.75, 3.05) is 5.32 Å². The van der Waals surface area contributed by atoms with Crippen molar-refractivity contribution in [2.45, 2.75) is 19.9 Å². The first-order valence-corrected chi connectivity index (χ1v) is 9.21. The van der Waals surface area contributed by atoms with Gasteiger partial charge in [0.05, 0.1) is 21.4 Å². The van der Waals surface area contributed by atoms with Gasteiger partial charge in [0.1, 0.15) is 17.4 Å². The molecule has 6 heteroatoms. The highest BCUT2D eigenvalue weighted by atomic mass is 32.1. The van der Waals surface area contributed by atoms with Gasteiger partial charge in [-0.05, 0) is 43.7 Å². The lowest BCUT2D eigenvalue weighted by Gasteiger charge is -2.16. The van der Waals surface area contributed by atoms with Crippen molar-refractivity contribution < 1.29 is 5.11 Å². The van der Waals surface area contributed by atoms with Crippen molar-refractivity contribution in [2.24, 2.45) is 0 Å². The molecule has 2 heterocycles. The van der Waals surface area contributed by atoms with E-state index in [1.807, 2.05) is 42.8 Å². The van der Waals surface area contributed by atoms with Crippen LogP contribution in [0.3, 0.4) is 0 Å². The number of phenols is 1. The van der Waals surface area contributed by atoms with E-state index in [0.29, 0.717) is 5.82 Å². The molecule has 4 rings (SSSR count). The number of aromatic nitrogens is 3. The lowest BCUT2D eigenvalue weighted by atomic mass is 10.1. The second-order valence-corrected chi connectivity index (χ2v) is 7.06. The van der Waals surface area contributed by atoms with Gasteiger partial charge in [0, 0.05) is 17.7 Å². The molecule has 0 fully saturated rings. The number of nitrogens with zero attached hydrogens (tertiary/aromatic N) is 3. The van der Waals surface area contributed by atoms with Gasteiger partial charge in [-0.25, -0.2) is 15.0 Å². The zero-order valence-electron chi connectivity index (χ0n) is 14.5. The molecule has 4 aromatic rings. The molecule has 0 bridgehead atoms. The largest absolute Gasteiger partial charge is 0.508 e. The van der Waals surface area contributed by atoms with E-state index in [9.17, 15) is 5.11 Å². The number of nitrogens with one attached hydrogen (secondary N) is 1. The predicted molar refractivity (Wildman–Crippen MR) is 106 cm³/mol. The van der Waals surface area contributed by atoms with E-state index in [-0.39, 0.29) is 11.8 Å². The smallest absolute Gasteiger partial charge is 0.130 e. The maximum atomic E-state index is 9.44. The number of aryl methyl sites for hydroxylation is 1. The van der Waals surface area contributed by atoms with Gasteiger partial charge in [0.15, 0.2) is 0 Å². The molecule has 5 nitrogen and oxygen atoms in total. The van der Waals surface area contributed by atoms with Crippen LogP contribution in [-0.2, 0) is 0 Å². The van der Waals surface area contributed by atoms with Gasteiger partial charge in [-0.3, -0.25) is 0 Å². The minimum Gasteiger partial charge on any atom is -0.508 e. The first kappa shape index (κ1) is 16.5. The molecule has 0 aliphatic carbocycles. The lowest BCUT2D eigenvalue weighted by molar-refractivity contribution is 0.475. The van der Waals surface area contributed by atoms with Crippen LogP contribution in [0.25, 0.3) is 21.5 Å². The lowest BCUT2D eigenvalue weighted by Crippen LogP contribution is -2.09. The number of anilines is 1. The van der Waals surface area contributed by atoms with Gasteiger partial charge in [-0.15, -0.1) is 11.3 Å². The van der Waals surface area contributed by atoms with Crippen molar-refractivity contribution >= 4 is 27.4 Å². The van der Waals surface area contributed by atoms with Crippen LogP contribution in [-0.4, -0.2) is 20.1 Å². The third-order valence-electron chi connectivity index (χ3n) is 4.22. The summed E-state index contributed by atoms with van der Waals surface area (Å²) in [4.78, 5) is 13.4. The molecule has 2 aromatic heterocycles. The van der Waals surface area contributed by atoms with Crippen LogP contribution in [0.2, 0.25) is 0 Å². The van der Waals surface area contributed by atoms with E-state index >= 15 is 0 Å².